The molecular formula is C23H29NO2. The SMILES string of the molecule is COc1ccc(C2CCNC(C(C)C3OCCc4ccccc43)C2)cc1. The number of hydrogen-bond donors (Lipinski definition) is 1. The molecule has 0 bridgehead atoms. The Labute approximate surface area is 156 Å². The molecule has 0 aromatic heterocycles. The highest BCUT2D eigenvalue weighted by atomic mass is 16.5. The fraction of sp³-hybridized carbons (Fsp3) is 0.478. The molecule has 4 atom stereocenters. The zero-order valence-electron chi connectivity index (χ0n) is 15.8. The molecule has 0 aliphatic carbocycles. The molecular weight excluding hydrogens is 322 g/mol. The summed E-state index contributed by atoms with van der Waals surface area (Å²) in [6.45, 7) is 4.25. The van der Waals surface area contributed by atoms with Crippen LogP contribution in [0, 0.1) is 5.92 Å². The summed E-state index contributed by atoms with van der Waals surface area (Å²) < 4.78 is 11.5. The van der Waals surface area contributed by atoms with Crippen molar-refractivity contribution in [3.05, 3.63) is 65.2 Å². The van der Waals surface area contributed by atoms with Crippen LogP contribution in [-0.4, -0.2) is 26.3 Å². The number of ether oxygens (including phenoxy) is 2. The third-order valence-corrected chi connectivity index (χ3v) is 6.17. The molecule has 0 saturated carbocycles. The van der Waals surface area contributed by atoms with Gasteiger partial charge in [0.1, 0.15) is 5.75 Å². The first kappa shape index (κ1) is 17.6. The van der Waals surface area contributed by atoms with Crippen LogP contribution in [0.15, 0.2) is 48.5 Å². The van der Waals surface area contributed by atoms with Crippen molar-refractivity contribution in [3.63, 3.8) is 0 Å². The van der Waals surface area contributed by atoms with E-state index in [0.29, 0.717) is 17.9 Å². The summed E-state index contributed by atoms with van der Waals surface area (Å²) in [6, 6.07) is 17.9. The van der Waals surface area contributed by atoms with Gasteiger partial charge >= 0.3 is 0 Å². The normalized spacial score (nSPS) is 26.8. The zero-order chi connectivity index (χ0) is 17.9. The molecule has 2 heterocycles. The Kier molecular flexibility index (Phi) is 5.28. The predicted molar refractivity (Wildman–Crippen MR) is 105 cm³/mol. The van der Waals surface area contributed by atoms with Gasteiger partial charge in [-0.2, -0.15) is 0 Å². The molecule has 3 nitrogen and oxygen atoms in total. The van der Waals surface area contributed by atoms with Gasteiger partial charge in [-0.15, -0.1) is 0 Å². The van der Waals surface area contributed by atoms with Gasteiger partial charge in [-0.1, -0.05) is 43.3 Å². The standard InChI is InChI=1S/C23H29NO2/c1-16(23-21-6-4-3-5-18(21)12-14-26-23)22-15-19(11-13-24-22)17-7-9-20(25-2)10-8-17/h3-10,16,19,22-24H,11-15H2,1-2H3. The maximum Gasteiger partial charge on any atom is 0.118 e. The third-order valence-electron chi connectivity index (χ3n) is 6.17. The number of nitrogens with one attached hydrogen (secondary N) is 1. The number of piperidine rings is 1. The van der Waals surface area contributed by atoms with Crippen LogP contribution in [0.5, 0.6) is 5.75 Å². The molecule has 2 aliphatic heterocycles. The molecule has 2 aromatic carbocycles. The van der Waals surface area contributed by atoms with E-state index >= 15 is 0 Å². The van der Waals surface area contributed by atoms with Crippen molar-refractivity contribution in [1.29, 1.82) is 0 Å². The summed E-state index contributed by atoms with van der Waals surface area (Å²) in [4.78, 5) is 0. The van der Waals surface area contributed by atoms with E-state index in [1.807, 2.05) is 0 Å². The van der Waals surface area contributed by atoms with E-state index in [-0.39, 0.29) is 6.10 Å². The summed E-state index contributed by atoms with van der Waals surface area (Å²) in [5, 5.41) is 3.76. The molecule has 4 rings (SSSR count). The first-order valence-corrected chi connectivity index (χ1v) is 9.83. The van der Waals surface area contributed by atoms with Crippen molar-refractivity contribution in [1.82, 2.24) is 5.32 Å². The highest BCUT2D eigenvalue weighted by molar-refractivity contribution is 5.32. The van der Waals surface area contributed by atoms with Crippen LogP contribution in [0.4, 0.5) is 0 Å². The van der Waals surface area contributed by atoms with E-state index in [9.17, 15) is 0 Å². The molecule has 138 valence electrons. The summed E-state index contributed by atoms with van der Waals surface area (Å²) in [5.41, 5.74) is 4.27. The quantitative estimate of drug-likeness (QED) is 0.881. The van der Waals surface area contributed by atoms with Crippen molar-refractivity contribution in [2.75, 3.05) is 20.3 Å². The lowest BCUT2D eigenvalue weighted by atomic mass is 9.78. The average Bonchev–Trinajstić information content (AvgIpc) is 2.73. The minimum absolute atomic E-state index is 0.201. The van der Waals surface area contributed by atoms with E-state index < -0.39 is 0 Å². The average molecular weight is 351 g/mol. The molecule has 1 N–H and O–H groups in total. The van der Waals surface area contributed by atoms with Crippen molar-refractivity contribution in [2.24, 2.45) is 5.92 Å². The van der Waals surface area contributed by atoms with E-state index in [2.05, 4.69) is 60.8 Å². The summed E-state index contributed by atoms with van der Waals surface area (Å²) in [6.07, 6.45) is 3.59. The summed E-state index contributed by atoms with van der Waals surface area (Å²) >= 11 is 0. The van der Waals surface area contributed by atoms with Crippen molar-refractivity contribution in [3.8, 4) is 5.75 Å². The maximum atomic E-state index is 6.23. The molecule has 0 amide bonds. The van der Waals surface area contributed by atoms with Crippen LogP contribution >= 0.6 is 0 Å². The van der Waals surface area contributed by atoms with Crippen molar-refractivity contribution >= 4 is 0 Å². The highest BCUT2D eigenvalue weighted by Gasteiger charge is 2.34. The number of fused-ring (bicyclic) bond motifs is 1. The van der Waals surface area contributed by atoms with Gasteiger partial charge in [-0.05, 0) is 60.5 Å². The predicted octanol–water partition coefficient (Wildman–Crippen LogP) is 4.48. The summed E-state index contributed by atoms with van der Waals surface area (Å²) in [5.74, 6) is 1.99. The van der Waals surface area contributed by atoms with Crippen LogP contribution in [0.1, 0.15) is 48.5 Å². The van der Waals surface area contributed by atoms with Crippen LogP contribution in [0.2, 0.25) is 0 Å². The molecule has 1 saturated heterocycles. The molecule has 0 spiro atoms. The maximum absolute atomic E-state index is 6.23. The second-order valence-corrected chi connectivity index (χ2v) is 7.65. The third kappa shape index (κ3) is 3.51. The second-order valence-electron chi connectivity index (χ2n) is 7.65. The topological polar surface area (TPSA) is 30.5 Å². The minimum atomic E-state index is 0.201. The Morgan fingerprint density at radius 2 is 1.92 bits per heavy atom. The van der Waals surface area contributed by atoms with Gasteiger partial charge in [-0.3, -0.25) is 0 Å². The van der Waals surface area contributed by atoms with Gasteiger partial charge in [0.05, 0.1) is 19.8 Å². The van der Waals surface area contributed by atoms with E-state index in [1.54, 1.807) is 7.11 Å². The van der Waals surface area contributed by atoms with Gasteiger partial charge in [0.15, 0.2) is 0 Å². The lowest BCUT2D eigenvalue weighted by molar-refractivity contribution is -0.00893. The molecule has 0 radical (unpaired) electrons. The fourth-order valence-corrected chi connectivity index (χ4v) is 4.60. The Bertz CT molecular complexity index is 727. The number of rotatable bonds is 4. The lowest BCUT2D eigenvalue weighted by Crippen LogP contribution is -2.44. The monoisotopic (exact) mass is 351 g/mol. The first-order valence-electron chi connectivity index (χ1n) is 9.83. The van der Waals surface area contributed by atoms with E-state index in [1.165, 1.54) is 23.1 Å². The molecule has 1 fully saturated rings. The molecule has 2 aliphatic rings. The van der Waals surface area contributed by atoms with Gasteiger partial charge < -0.3 is 14.8 Å². The van der Waals surface area contributed by atoms with Crippen LogP contribution < -0.4 is 10.1 Å². The van der Waals surface area contributed by atoms with Gasteiger partial charge in [0.2, 0.25) is 0 Å². The molecule has 26 heavy (non-hydrogen) atoms. The van der Waals surface area contributed by atoms with Crippen LogP contribution in [-0.2, 0) is 11.2 Å². The lowest BCUT2D eigenvalue weighted by Gasteiger charge is -2.39. The number of methoxy groups -OCH3 is 1. The molecule has 4 unspecified atom stereocenters. The first-order chi connectivity index (χ1) is 12.8. The number of hydrogen-bond acceptors (Lipinski definition) is 3. The fourth-order valence-electron chi connectivity index (χ4n) is 4.60. The molecule has 3 heteroatoms. The van der Waals surface area contributed by atoms with Crippen LogP contribution in [0.3, 0.4) is 0 Å². The number of benzene rings is 2. The van der Waals surface area contributed by atoms with Crippen molar-refractivity contribution < 1.29 is 9.47 Å². The van der Waals surface area contributed by atoms with Gasteiger partial charge in [0, 0.05) is 12.0 Å². The van der Waals surface area contributed by atoms with Crippen molar-refractivity contribution in [2.45, 2.75) is 44.2 Å². The van der Waals surface area contributed by atoms with E-state index in [4.69, 9.17) is 9.47 Å². The Morgan fingerprint density at radius 1 is 1.12 bits per heavy atom. The second kappa shape index (κ2) is 7.81. The largest absolute Gasteiger partial charge is 0.497 e. The highest BCUT2D eigenvalue weighted by Crippen LogP contribution is 2.38. The molecule has 2 aromatic rings. The van der Waals surface area contributed by atoms with Gasteiger partial charge in [-0.25, -0.2) is 0 Å². The Morgan fingerprint density at radius 3 is 2.73 bits per heavy atom. The Balaban J connectivity index is 1.49. The zero-order valence-corrected chi connectivity index (χ0v) is 15.8. The van der Waals surface area contributed by atoms with Gasteiger partial charge in [0.25, 0.3) is 0 Å². The smallest absolute Gasteiger partial charge is 0.118 e. The van der Waals surface area contributed by atoms with Crippen LogP contribution in [0.25, 0.3) is 0 Å². The Hall–Kier alpha value is -1.84. The minimum Gasteiger partial charge on any atom is -0.497 e. The summed E-state index contributed by atoms with van der Waals surface area (Å²) in [7, 11) is 1.72. The van der Waals surface area contributed by atoms with E-state index in [0.717, 1.165) is 31.7 Å².